The highest BCUT2D eigenvalue weighted by Gasteiger charge is 2.29. The van der Waals surface area contributed by atoms with Crippen molar-refractivity contribution in [3.05, 3.63) is 83.8 Å². The molecule has 4 aromatic rings. The van der Waals surface area contributed by atoms with Crippen LogP contribution in [-0.2, 0) is 23.1 Å². The van der Waals surface area contributed by atoms with Crippen molar-refractivity contribution in [3.8, 4) is 0 Å². The summed E-state index contributed by atoms with van der Waals surface area (Å²) in [5.74, 6) is 1.27. The molecule has 190 valence electrons. The lowest BCUT2D eigenvalue weighted by Crippen LogP contribution is -2.42. The number of amides is 1. The average Bonchev–Trinajstić information content (AvgIpc) is 3.21. The first-order valence-electron chi connectivity index (χ1n) is 12.1. The fourth-order valence-corrected chi connectivity index (χ4v) is 4.29. The number of imidazole rings is 1. The lowest BCUT2D eigenvalue weighted by Gasteiger charge is -2.35. The predicted octanol–water partition coefficient (Wildman–Crippen LogP) is 3.62. The fraction of sp³-hybridized carbons (Fsp3) is 0.259. The number of ether oxygens (including phenoxy) is 2. The number of hydrogen-bond acceptors (Lipinski definition) is 7. The number of hydrogen-bond donors (Lipinski definition) is 3. The predicted molar refractivity (Wildman–Crippen MR) is 141 cm³/mol. The van der Waals surface area contributed by atoms with Gasteiger partial charge >= 0.3 is 0 Å². The fourth-order valence-electron chi connectivity index (χ4n) is 4.29. The van der Waals surface area contributed by atoms with E-state index in [1.54, 1.807) is 23.2 Å². The molecule has 5 rings (SSSR count). The number of anilines is 2. The number of nitrogens with one attached hydrogen (secondary N) is 2. The highest BCUT2D eigenvalue weighted by atomic mass is 16.9. The van der Waals surface area contributed by atoms with Crippen LogP contribution in [0, 0.1) is 5.41 Å². The van der Waals surface area contributed by atoms with Gasteiger partial charge < -0.3 is 25.1 Å². The Kier molecular flexibility index (Phi) is 6.85. The van der Waals surface area contributed by atoms with Crippen LogP contribution in [0.25, 0.3) is 11.0 Å². The third kappa shape index (κ3) is 5.30. The number of carbonyl (C=O) groups excluding carboxylic acids is 1. The molecule has 0 spiro atoms. The number of aryl methyl sites for hydroxylation is 1. The summed E-state index contributed by atoms with van der Waals surface area (Å²) >= 11 is 0. The number of nitrogens with zero attached hydrogens (tertiary/aromatic N) is 4. The molecular weight excluding hydrogens is 470 g/mol. The second-order valence-corrected chi connectivity index (χ2v) is 8.84. The number of nitrogens with two attached hydrogens (primary N) is 1. The second kappa shape index (κ2) is 10.4. The number of pyridine rings is 1. The Labute approximate surface area is 214 Å². The van der Waals surface area contributed by atoms with E-state index in [1.165, 1.54) is 0 Å². The molecule has 10 nitrogen and oxygen atoms in total. The van der Waals surface area contributed by atoms with Gasteiger partial charge in [0.25, 0.3) is 5.91 Å². The molecule has 4 N–H and O–H groups in total. The van der Waals surface area contributed by atoms with Crippen molar-refractivity contribution < 1.29 is 14.3 Å². The molecule has 10 heteroatoms. The van der Waals surface area contributed by atoms with Gasteiger partial charge in [0.2, 0.25) is 0 Å². The molecule has 1 aliphatic heterocycles. The Hall–Kier alpha value is -4.28. The van der Waals surface area contributed by atoms with E-state index in [4.69, 9.17) is 25.6 Å². The SMILES string of the molecule is CC1OC(CCN(C(=O)c2ccc3c(c2)nc(CNc2ccc(C(=N)N)cc2)n3C)c2ccccn2)O1. The van der Waals surface area contributed by atoms with Gasteiger partial charge in [0, 0.05) is 43.0 Å². The van der Waals surface area contributed by atoms with Crippen molar-refractivity contribution >= 4 is 34.3 Å². The van der Waals surface area contributed by atoms with Crippen molar-refractivity contribution in [1.82, 2.24) is 14.5 Å². The Balaban J connectivity index is 1.34. The molecule has 0 bridgehead atoms. The normalized spacial score (nSPS) is 16.8. The summed E-state index contributed by atoms with van der Waals surface area (Å²) < 4.78 is 13.1. The van der Waals surface area contributed by atoms with E-state index < -0.39 is 0 Å². The van der Waals surface area contributed by atoms with Gasteiger partial charge in [-0.25, -0.2) is 9.97 Å². The summed E-state index contributed by atoms with van der Waals surface area (Å²) in [5, 5.41) is 10.9. The minimum absolute atomic E-state index is 0.0353. The van der Waals surface area contributed by atoms with Gasteiger partial charge in [-0.15, -0.1) is 0 Å². The van der Waals surface area contributed by atoms with Crippen molar-refractivity contribution in [1.29, 1.82) is 5.41 Å². The van der Waals surface area contributed by atoms with Gasteiger partial charge in [-0.3, -0.25) is 15.1 Å². The molecule has 0 radical (unpaired) electrons. The zero-order valence-corrected chi connectivity index (χ0v) is 20.7. The van der Waals surface area contributed by atoms with E-state index in [1.807, 2.05) is 67.1 Å². The molecule has 37 heavy (non-hydrogen) atoms. The quantitative estimate of drug-likeness (QED) is 0.237. The highest BCUT2D eigenvalue weighted by molar-refractivity contribution is 6.07. The van der Waals surface area contributed by atoms with Crippen LogP contribution in [0.4, 0.5) is 11.5 Å². The molecule has 0 unspecified atom stereocenters. The summed E-state index contributed by atoms with van der Waals surface area (Å²) in [5.41, 5.74) is 9.29. The molecule has 0 saturated carbocycles. The Morgan fingerprint density at radius 1 is 1.14 bits per heavy atom. The molecule has 1 fully saturated rings. The summed E-state index contributed by atoms with van der Waals surface area (Å²) in [6, 6.07) is 18.4. The number of aromatic nitrogens is 3. The van der Waals surface area contributed by atoms with Crippen LogP contribution < -0.4 is 16.0 Å². The van der Waals surface area contributed by atoms with E-state index in [-0.39, 0.29) is 24.3 Å². The lowest BCUT2D eigenvalue weighted by atomic mass is 10.1. The van der Waals surface area contributed by atoms with E-state index in [9.17, 15) is 4.79 Å². The summed E-state index contributed by atoms with van der Waals surface area (Å²) in [7, 11) is 1.95. The van der Waals surface area contributed by atoms with Gasteiger partial charge in [0.05, 0.1) is 17.6 Å². The van der Waals surface area contributed by atoms with Gasteiger partial charge in [-0.2, -0.15) is 0 Å². The first kappa shape index (κ1) is 24.4. The average molecular weight is 500 g/mol. The Morgan fingerprint density at radius 2 is 1.89 bits per heavy atom. The van der Waals surface area contributed by atoms with Crippen LogP contribution >= 0.6 is 0 Å². The Bertz CT molecular complexity index is 1410. The van der Waals surface area contributed by atoms with E-state index >= 15 is 0 Å². The van der Waals surface area contributed by atoms with Gasteiger partial charge in [-0.1, -0.05) is 6.07 Å². The molecule has 0 atom stereocenters. The number of nitrogen functional groups attached to an aromatic ring is 1. The maximum absolute atomic E-state index is 13.6. The van der Waals surface area contributed by atoms with E-state index in [2.05, 4.69) is 10.3 Å². The largest absolute Gasteiger partial charge is 0.384 e. The maximum atomic E-state index is 13.6. The molecule has 0 aliphatic carbocycles. The van der Waals surface area contributed by atoms with Crippen LogP contribution in [0.15, 0.2) is 66.9 Å². The summed E-state index contributed by atoms with van der Waals surface area (Å²) in [6.45, 7) is 2.74. The van der Waals surface area contributed by atoms with Gasteiger partial charge in [0.15, 0.2) is 12.6 Å². The number of rotatable bonds is 9. The zero-order valence-electron chi connectivity index (χ0n) is 20.7. The van der Waals surface area contributed by atoms with Crippen molar-refractivity contribution in [2.24, 2.45) is 12.8 Å². The monoisotopic (exact) mass is 499 g/mol. The zero-order chi connectivity index (χ0) is 25.9. The molecular formula is C27H29N7O3. The van der Waals surface area contributed by atoms with E-state index in [0.29, 0.717) is 36.5 Å². The summed E-state index contributed by atoms with van der Waals surface area (Å²) in [4.78, 5) is 24.4. The van der Waals surface area contributed by atoms with Crippen LogP contribution in [-0.4, -0.2) is 45.4 Å². The van der Waals surface area contributed by atoms with Crippen molar-refractivity contribution in [2.75, 3.05) is 16.8 Å². The molecule has 1 amide bonds. The van der Waals surface area contributed by atoms with Gasteiger partial charge in [-0.05, 0) is 61.5 Å². The van der Waals surface area contributed by atoms with Crippen LogP contribution in [0.2, 0.25) is 0 Å². The van der Waals surface area contributed by atoms with Crippen molar-refractivity contribution in [3.63, 3.8) is 0 Å². The number of benzene rings is 2. The van der Waals surface area contributed by atoms with Crippen LogP contribution in [0.5, 0.6) is 0 Å². The third-order valence-electron chi connectivity index (χ3n) is 6.31. The molecule has 2 aromatic carbocycles. The topological polar surface area (TPSA) is 131 Å². The Morgan fingerprint density at radius 3 is 2.57 bits per heavy atom. The maximum Gasteiger partial charge on any atom is 0.259 e. The number of amidine groups is 1. The van der Waals surface area contributed by atoms with Gasteiger partial charge in [0.1, 0.15) is 17.5 Å². The number of fused-ring (bicyclic) bond motifs is 1. The molecule has 2 aromatic heterocycles. The van der Waals surface area contributed by atoms with Crippen LogP contribution in [0.3, 0.4) is 0 Å². The van der Waals surface area contributed by atoms with Crippen molar-refractivity contribution in [2.45, 2.75) is 32.5 Å². The second-order valence-electron chi connectivity index (χ2n) is 8.84. The minimum Gasteiger partial charge on any atom is -0.384 e. The minimum atomic E-state index is -0.319. The third-order valence-corrected chi connectivity index (χ3v) is 6.31. The number of carbonyl (C=O) groups is 1. The highest BCUT2D eigenvalue weighted by Crippen LogP contribution is 2.24. The van der Waals surface area contributed by atoms with Crippen LogP contribution in [0.1, 0.15) is 35.1 Å². The first-order valence-corrected chi connectivity index (χ1v) is 12.1. The lowest BCUT2D eigenvalue weighted by molar-refractivity contribution is -0.376. The molecule has 3 heterocycles. The molecule has 1 aliphatic rings. The summed E-state index contributed by atoms with van der Waals surface area (Å²) in [6.07, 6.45) is 1.69. The van der Waals surface area contributed by atoms with E-state index in [0.717, 1.165) is 22.5 Å². The smallest absolute Gasteiger partial charge is 0.259 e. The molecule has 1 saturated heterocycles. The first-order chi connectivity index (χ1) is 17.9. The standard InChI is InChI=1S/C27H29N7O3/c1-17-36-25(37-17)12-14-34(23-5-3-4-13-30-23)27(35)19-8-11-22-21(15-19)32-24(33(22)2)16-31-20-9-6-18(7-10-20)26(28)29/h3-11,13,15,17,25,31H,12,14,16H2,1-2H3,(H3,28,29).